The van der Waals surface area contributed by atoms with Gasteiger partial charge in [0.15, 0.2) is 0 Å². The number of allylic oxidation sites excluding steroid dienone is 4. The number of hydrogen-bond donors (Lipinski definition) is 0. The summed E-state index contributed by atoms with van der Waals surface area (Å²) in [4.78, 5) is 1.39. The van der Waals surface area contributed by atoms with E-state index in [-0.39, 0.29) is 0 Å². The van der Waals surface area contributed by atoms with Gasteiger partial charge >= 0.3 is 0 Å². The summed E-state index contributed by atoms with van der Waals surface area (Å²) in [5.41, 5.74) is 12.7. The topological polar surface area (TPSA) is 33.6 Å². The molecule has 0 saturated carbocycles. The van der Waals surface area contributed by atoms with Gasteiger partial charge in [-0.15, -0.1) is 11.8 Å². The molecule has 4 heteroatoms. The second kappa shape index (κ2) is 10.3. The quantitative estimate of drug-likeness (QED) is 0.197. The summed E-state index contributed by atoms with van der Waals surface area (Å²) in [6.45, 7) is 0. The monoisotopic (exact) mass is 619 g/mol. The molecule has 7 aromatic rings. The van der Waals surface area contributed by atoms with Crippen LogP contribution in [0.25, 0.3) is 61.3 Å². The highest BCUT2D eigenvalue weighted by molar-refractivity contribution is 8.00. The molecule has 10 rings (SSSR count). The number of rotatable bonds is 3. The predicted molar refractivity (Wildman–Crippen MR) is 196 cm³/mol. The van der Waals surface area contributed by atoms with Crippen LogP contribution in [0.15, 0.2) is 138 Å². The van der Waals surface area contributed by atoms with Gasteiger partial charge in [-0.05, 0) is 84.1 Å². The standard InChI is InChI=1S/C43H29N3S/c44-26-27-18-22-38(46-36-15-7-4-12-30(36)31-13-5-8-16-37(31)46)35(24-27)28-19-20-34-40(25-28)45(29-10-2-1-3-11-29)39-23-21-33-32-14-6-9-17-41(32)47-43(33)42(34)39/h1-4,6-12,14-25,32,41H,5,13H2. The molecule has 0 amide bonds. The van der Waals surface area contributed by atoms with Crippen molar-refractivity contribution in [1.82, 2.24) is 9.13 Å². The molecule has 0 N–H and O–H groups in total. The van der Waals surface area contributed by atoms with E-state index in [4.69, 9.17) is 0 Å². The largest absolute Gasteiger partial charge is 0.309 e. The van der Waals surface area contributed by atoms with Gasteiger partial charge in [-0.2, -0.15) is 5.26 Å². The summed E-state index contributed by atoms with van der Waals surface area (Å²) >= 11 is 2.00. The molecule has 3 aliphatic rings. The van der Waals surface area contributed by atoms with Crippen LogP contribution in [0.2, 0.25) is 0 Å². The lowest BCUT2D eigenvalue weighted by Crippen LogP contribution is -2.06. The van der Waals surface area contributed by atoms with Crippen LogP contribution >= 0.6 is 11.8 Å². The van der Waals surface area contributed by atoms with E-state index in [9.17, 15) is 5.26 Å². The molecule has 0 spiro atoms. The highest BCUT2D eigenvalue weighted by atomic mass is 32.2. The Labute approximate surface area is 277 Å². The smallest absolute Gasteiger partial charge is 0.0991 e. The van der Waals surface area contributed by atoms with E-state index in [1.165, 1.54) is 54.4 Å². The van der Waals surface area contributed by atoms with Crippen LogP contribution in [0, 0.1) is 11.3 Å². The van der Waals surface area contributed by atoms with Gasteiger partial charge in [0.1, 0.15) is 0 Å². The molecule has 2 aliphatic carbocycles. The van der Waals surface area contributed by atoms with Gasteiger partial charge < -0.3 is 9.13 Å². The molecule has 3 nitrogen and oxygen atoms in total. The summed E-state index contributed by atoms with van der Waals surface area (Å²) in [5.74, 6) is 0.409. The molecule has 0 radical (unpaired) electrons. The number of thioether (sulfide) groups is 1. The van der Waals surface area contributed by atoms with Crippen molar-refractivity contribution in [3.63, 3.8) is 0 Å². The van der Waals surface area contributed by atoms with Crippen LogP contribution in [0.3, 0.4) is 0 Å². The third-order valence-corrected chi connectivity index (χ3v) is 11.6. The Morgan fingerprint density at radius 3 is 2.53 bits per heavy atom. The van der Waals surface area contributed by atoms with Crippen LogP contribution in [0.1, 0.15) is 34.7 Å². The Morgan fingerprint density at radius 2 is 1.62 bits per heavy atom. The van der Waals surface area contributed by atoms with Crippen LogP contribution in [-0.4, -0.2) is 14.4 Å². The number of benzene rings is 5. The summed E-state index contributed by atoms with van der Waals surface area (Å²) in [7, 11) is 0. The highest BCUT2D eigenvalue weighted by Crippen LogP contribution is 2.53. The molecule has 222 valence electrons. The number of fused-ring (bicyclic) bond motifs is 10. The molecule has 2 unspecified atom stereocenters. The minimum atomic E-state index is 0.409. The molecule has 2 aromatic heterocycles. The normalized spacial score (nSPS) is 17.7. The lowest BCUT2D eigenvalue weighted by molar-refractivity contribution is 0.883. The molecule has 47 heavy (non-hydrogen) atoms. The zero-order valence-electron chi connectivity index (χ0n) is 25.6. The van der Waals surface area contributed by atoms with E-state index in [0.717, 1.165) is 35.3 Å². The van der Waals surface area contributed by atoms with E-state index in [1.54, 1.807) is 0 Å². The molecular formula is C43H29N3S. The van der Waals surface area contributed by atoms with E-state index in [2.05, 4.69) is 149 Å². The minimum absolute atomic E-state index is 0.409. The van der Waals surface area contributed by atoms with Crippen molar-refractivity contribution in [2.75, 3.05) is 0 Å². The molecule has 3 heterocycles. The fraction of sp³-hybridized carbons (Fsp3) is 0.0930. The molecule has 2 atom stereocenters. The molecule has 0 fully saturated rings. The Kier molecular flexibility index (Phi) is 5.82. The Balaban J connectivity index is 1.26. The summed E-state index contributed by atoms with van der Waals surface area (Å²) in [6, 6.07) is 39.6. The van der Waals surface area contributed by atoms with Crippen LogP contribution in [0.5, 0.6) is 0 Å². The molecule has 0 saturated heterocycles. The first-order chi connectivity index (χ1) is 23.3. The van der Waals surface area contributed by atoms with Gasteiger partial charge in [0.05, 0.1) is 33.9 Å². The first-order valence-corrected chi connectivity index (χ1v) is 17.2. The average Bonchev–Trinajstić information content (AvgIpc) is 3.79. The third kappa shape index (κ3) is 3.87. The molecule has 1 aliphatic heterocycles. The number of aryl methyl sites for hydroxylation is 1. The van der Waals surface area contributed by atoms with Gasteiger partial charge in [0.2, 0.25) is 0 Å². The number of hydrogen-bond acceptors (Lipinski definition) is 2. The third-order valence-electron chi connectivity index (χ3n) is 10.2. The van der Waals surface area contributed by atoms with E-state index in [1.807, 2.05) is 17.8 Å². The number of para-hydroxylation sites is 2. The second-order valence-electron chi connectivity index (χ2n) is 12.7. The summed E-state index contributed by atoms with van der Waals surface area (Å²) < 4.78 is 4.83. The molecule has 0 bridgehead atoms. The van der Waals surface area contributed by atoms with E-state index < -0.39 is 0 Å². The van der Waals surface area contributed by atoms with E-state index >= 15 is 0 Å². The summed E-state index contributed by atoms with van der Waals surface area (Å²) in [6.07, 6.45) is 15.7. The van der Waals surface area contributed by atoms with Crippen LogP contribution in [0.4, 0.5) is 0 Å². The summed E-state index contributed by atoms with van der Waals surface area (Å²) in [5, 5.41) is 14.4. The lowest BCUT2D eigenvalue weighted by Gasteiger charge is -2.17. The first kappa shape index (κ1) is 26.7. The maximum atomic E-state index is 10.0. The fourth-order valence-corrected chi connectivity index (χ4v) is 9.60. The van der Waals surface area contributed by atoms with Crippen molar-refractivity contribution in [2.24, 2.45) is 0 Å². The number of nitriles is 1. The maximum absolute atomic E-state index is 10.0. The highest BCUT2D eigenvalue weighted by Gasteiger charge is 2.34. The fourth-order valence-electron chi connectivity index (χ4n) is 8.10. The zero-order valence-corrected chi connectivity index (χ0v) is 26.4. The lowest BCUT2D eigenvalue weighted by atomic mass is 9.91. The predicted octanol–water partition coefficient (Wildman–Crippen LogP) is 10.9. The Morgan fingerprint density at radius 1 is 0.745 bits per heavy atom. The van der Waals surface area contributed by atoms with Crippen molar-refractivity contribution in [2.45, 2.75) is 28.9 Å². The molecular weight excluding hydrogens is 591 g/mol. The number of nitrogens with zero attached hydrogens (tertiary/aromatic N) is 3. The van der Waals surface area contributed by atoms with Crippen molar-refractivity contribution in [3.8, 4) is 28.6 Å². The zero-order chi connectivity index (χ0) is 31.1. The first-order valence-electron chi connectivity index (χ1n) is 16.3. The Hall–Kier alpha value is -5.50. The van der Waals surface area contributed by atoms with Crippen molar-refractivity contribution < 1.29 is 0 Å². The average molecular weight is 620 g/mol. The van der Waals surface area contributed by atoms with Gasteiger partial charge in [0.25, 0.3) is 0 Å². The Bertz CT molecular complexity index is 2570. The van der Waals surface area contributed by atoms with Gasteiger partial charge in [-0.3, -0.25) is 0 Å². The van der Waals surface area contributed by atoms with Crippen LogP contribution in [-0.2, 0) is 6.42 Å². The number of aromatic nitrogens is 2. The maximum Gasteiger partial charge on any atom is 0.0991 e. The minimum Gasteiger partial charge on any atom is -0.309 e. The SMILES string of the molecule is N#Cc1ccc(-n2c3c(c4ccccc42)CCC=C3)c(-c2ccc3c4c5c(ccc4n(-c4ccccc4)c3c2)C2C=CC=CC2S5)c1. The molecule has 5 aromatic carbocycles. The second-order valence-corrected chi connectivity index (χ2v) is 13.8. The van der Waals surface area contributed by atoms with Gasteiger partial charge in [0, 0.05) is 49.2 Å². The van der Waals surface area contributed by atoms with Crippen molar-refractivity contribution in [3.05, 3.63) is 156 Å². The van der Waals surface area contributed by atoms with Crippen molar-refractivity contribution in [1.29, 1.82) is 5.26 Å². The van der Waals surface area contributed by atoms with Gasteiger partial charge in [-0.25, -0.2) is 0 Å². The van der Waals surface area contributed by atoms with E-state index in [0.29, 0.717) is 16.7 Å². The van der Waals surface area contributed by atoms with Crippen LogP contribution < -0.4 is 0 Å². The van der Waals surface area contributed by atoms with Gasteiger partial charge in [-0.1, -0.05) is 85.0 Å². The van der Waals surface area contributed by atoms with Crippen molar-refractivity contribution >= 4 is 50.5 Å².